The minimum absolute atomic E-state index is 0.139. The maximum Gasteiger partial charge on any atom is 0.330 e. The molecule has 3 saturated carbocycles. The number of carboxylic acids is 1. The van der Waals surface area contributed by atoms with Gasteiger partial charge < -0.3 is 10.2 Å². The molecule has 0 aromatic heterocycles. The standard InChI is InChI=1S/C23H34O3/c1-14(21(25)26)12-15-5-7-19-18-6-4-16-13-17(24)8-10-22(16,2)20(18)9-11-23(15,19)3/h4,12,15,17-20,24H,5-11,13H2,1-3H3,(H,25,26)/b14-12+/t15-,17+,18+,19+,20+,22+,23-/m1/s1. The van der Waals surface area contributed by atoms with Crippen molar-refractivity contribution in [3.8, 4) is 0 Å². The number of allylic oxidation sites excluding steroid dienone is 2. The molecule has 26 heavy (non-hydrogen) atoms. The van der Waals surface area contributed by atoms with Crippen LogP contribution in [0.5, 0.6) is 0 Å². The van der Waals surface area contributed by atoms with Gasteiger partial charge in [0, 0.05) is 5.57 Å². The lowest BCUT2D eigenvalue weighted by atomic mass is 9.47. The summed E-state index contributed by atoms with van der Waals surface area (Å²) in [7, 11) is 0. The smallest absolute Gasteiger partial charge is 0.330 e. The van der Waals surface area contributed by atoms with Crippen LogP contribution in [-0.2, 0) is 4.79 Å². The molecule has 0 bridgehead atoms. The van der Waals surface area contributed by atoms with E-state index in [2.05, 4.69) is 26.0 Å². The molecule has 4 aliphatic rings. The Kier molecular flexibility index (Phi) is 4.38. The number of fused-ring (bicyclic) bond motifs is 5. The van der Waals surface area contributed by atoms with E-state index < -0.39 is 5.97 Å². The van der Waals surface area contributed by atoms with Crippen molar-refractivity contribution < 1.29 is 15.0 Å². The molecule has 0 amide bonds. The molecule has 4 aliphatic carbocycles. The predicted octanol–water partition coefficient (Wildman–Crippen LogP) is 4.96. The number of aliphatic carboxylic acids is 1. The second kappa shape index (κ2) is 6.22. The second-order valence-corrected chi connectivity index (χ2v) is 10.0. The normalized spacial score (nSPS) is 48.2. The average molecular weight is 359 g/mol. The van der Waals surface area contributed by atoms with Crippen molar-refractivity contribution in [1.82, 2.24) is 0 Å². The fourth-order valence-corrected chi connectivity index (χ4v) is 7.33. The molecular formula is C23H34O3. The lowest BCUT2D eigenvalue weighted by molar-refractivity contribution is -0.132. The number of rotatable bonds is 2. The van der Waals surface area contributed by atoms with E-state index in [1.54, 1.807) is 6.92 Å². The van der Waals surface area contributed by atoms with Gasteiger partial charge in [0.1, 0.15) is 0 Å². The Bertz CT molecular complexity index is 662. The molecule has 3 fully saturated rings. The summed E-state index contributed by atoms with van der Waals surface area (Å²) < 4.78 is 0. The molecular weight excluding hydrogens is 324 g/mol. The third-order valence-corrected chi connectivity index (χ3v) is 8.94. The highest BCUT2D eigenvalue weighted by atomic mass is 16.4. The van der Waals surface area contributed by atoms with Crippen molar-refractivity contribution >= 4 is 5.97 Å². The fourth-order valence-electron chi connectivity index (χ4n) is 7.33. The number of carbonyl (C=O) groups is 1. The van der Waals surface area contributed by atoms with Gasteiger partial charge in [-0.3, -0.25) is 0 Å². The molecule has 7 atom stereocenters. The maximum absolute atomic E-state index is 11.3. The van der Waals surface area contributed by atoms with Crippen LogP contribution in [0.4, 0.5) is 0 Å². The van der Waals surface area contributed by atoms with E-state index >= 15 is 0 Å². The first-order chi connectivity index (χ1) is 12.3. The van der Waals surface area contributed by atoms with Crippen molar-refractivity contribution in [2.75, 3.05) is 0 Å². The van der Waals surface area contributed by atoms with Gasteiger partial charge in [-0.05, 0) is 92.8 Å². The second-order valence-electron chi connectivity index (χ2n) is 10.0. The third-order valence-electron chi connectivity index (χ3n) is 8.94. The molecule has 0 aliphatic heterocycles. The van der Waals surface area contributed by atoms with Crippen LogP contribution < -0.4 is 0 Å². The summed E-state index contributed by atoms with van der Waals surface area (Å²) in [4.78, 5) is 11.3. The zero-order valence-corrected chi connectivity index (χ0v) is 16.5. The summed E-state index contributed by atoms with van der Waals surface area (Å²) in [6, 6.07) is 0. The van der Waals surface area contributed by atoms with Crippen LogP contribution in [0.25, 0.3) is 0 Å². The lowest BCUT2D eigenvalue weighted by Gasteiger charge is -2.58. The van der Waals surface area contributed by atoms with Crippen LogP contribution in [0.1, 0.15) is 72.1 Å². The van der Waals surface area contributed by atoms with E-state index in [0.717, 1.165) is 43.9 Å². The number of hydrogen-bond donors (Lipinski definition) is 2. The largest absolute Gasteiger partial charge is 0.478 e. The Hall–Kier alpha value is -1.09. The van der Waals surface area contributed by atoms with Gasteiger partial charge in [0.15, 0.2) is 0 Å². The van der Waals surface area contributed by atoms with Crippen LogP contribution in [-0.4, -0.2) is 22.3 Å². The van der Waals surface area contributed by atoms with Crippen LogP contribution in [0.2, 0.25) is 0 Å². The molecule has 3 heteroatoms. The highest BCUT2D eigenvalue weighted by molar-refractivity contribution is 5.85. The first-order valence-electron chi connectivity index (χ1n) is 10.5. The highest BCUT2D eigenvalue weighted by Gasteiger charge is 2.58. The molecule has 0 unspecified atom stereocenters. The Labute approximate surface area is 157 Å². The predicted molar refractivity (Wildman–Crippen MR) is 103 cm³/mol. The van der Waals surface area contributed by atoms with Crippen LogP contribution in [0.15, 0.2) is 23.3 Å². The van der Waals surface area contributed by atoms with Gasteiger partial charge >= 0.3 is 5.97 Å². The van der Waals surface area contributed by atoms with Gasteiger partial charge in [0.25, 0.3) is 0 Å². The SMILES string of the molecule is C/C(=C\[C@H]1CC[C@H]2[C@@H]3CC=C4C[C@@H](O)CC[C@]4(C)[C@H]3CC[C@]12C)C(=O)O. The Morgan fingerprint density at radius 1 is 1.15 bits per heavy atom. The number of aliphatic hydroxyl groups excluding tert-OH is 1. The van der Waals surface area contributed by atoms with Gasteiger partial charge in [0.2, 0.25) is 0 Å². The van der Waals surface area contributed by atoms with Gasteiger partial charge in [0.05, 0.1) is 6.10 Å². The van der Waals surface area contributed by atoms with Crippen molar-refractivity contribution in [2.45, 2.75) is 78.2 Å². The minimum atomic E-state index is -0.774. The zero-order chi connectivity index (χ0) is 18.7. The van der Waals surface area contributed by atoms with Crippen molar-refractivity contribution in [1.29, 1.82) is 0 Å². The van der Waals surface area contributed by atoms with Crippen LogP contribution >= 0.6 is 0 Å². The van der Waals surface area contributed by atoms with E-state index in [1.165, 1.54) is 24.8 Å². The molecule has 0 aromatic carbocycles. The molecule has 3 nitrogen and oxygen atoms in total. The van der Waals surface area contributed by atoms with E-state index in [4.69, 9.17) is 0 Å². The first-order valence-corrected chi connectivity index (χ1v) is 10.5. The molecule has 0 aromatic rings. The summed E-state index contributed by atoms with van der Waals surface area (Å²) >= 11 is 0. The molecule has 0 saturated heterocycles. The van der Waals surface area contributed by atoms with Gasteiger partial charge in [-0.1, -0.05) is 31.6 Å². The molecule has 4 rings (SSSR count). The molecule has 0 radical (unpaired) electrons. The lowest BCUT2D eigenvalue weighted by Crippen LogP contribution is -2.50. The topological polar surface area (TPSA) is 57.5 Å². The summed E-state index contributed by atoms with van der Waals surface area (Å²) in [5.41, 5.74) is 2.58. The maximum atomic E-state index is 11.3. The van der Waals surface area contributed by atoms with E-state index in [9.17, 15) is 15.0 Å². The monoisotopic (exact) mass is 358 g/mol. The number of carboxylic acid groups (broad SMARTS) is 1. The fraction of sp³-hybridized carbons (Fsp3) is 0.783. The molecule has 0 spiro atoms. The molecule has 0 heterocycles. The van der Waals surface area contributed by atoms with Crippen LogP contribution in [0, 0.1) is 34.5 Å². The summed E-state index contributed by atoms with van der Waals surface area (Å²) in [6.45, 7) is 6.64. The zero-order valence-electron chi connectivity index (χ0n) is 16.5. The summed E-state index contributed by atoms with van der Waals surface area (Å²) in [5.74, 6) is 1.84. The van der Waals surface area contributed by atoms with Gasteiger partial charge in [-0.15, -0.1) is 0 Å². The molecule has 2 N–H and O–H groups in total. The summed E-state index contributed by atoms with van der Waals surface area (Å²) in [5, 5.41) is 19.4. The third kappa shape index (κ3) is 2.61. The number of aliphatic hydroxyl groups is 1. The Morgan fingerprint density at radius 3 is 2.65 bits per heavy atom. The summed E-state index contributed by atoms with van der Waals surface area (Å²) in [6.07, 6.45) is 13.4. The van der Waals surface area contributed by atoms with E-state index in [0.29, 0.717) is 17.4 Å². The molecule has 144 valence electrons. The van der Waals surface area contributed by atoms with Crippen molar-refractivity contribution in [2.24, 2.45) is 34.5 Å². The van der Waals surface area contributed by atoms with Crippen LogP contribution in [0.3, 0.4) is 0 Å². The Morgan fingerprint density at radius 2 is 1.92 bits per heavy atom. The van der Waals surface area contributed by atoms with Crippen molar-refractivity contribution in [3.63, 3.8) is 0 Å². The average Bonchev–Trinajstić information content (AvgIpc) is 2.92. The number of hydrogen-bond acceptors (Lipinski definition) is 2. The highest BCUT2D eigenvalue weighted by Crippen LogP contribution is 2.66. The minimum Gasteiger partial charge on any atom is -0.478 e. The first kappa shape index (κ1) is 18.3. The van der Waals surface area contributed by atoms with Crippen molar-refractivity contribution in [3.05, 3.63) is 23.3 Å². The van der Waals surface area contributed by atoms with Gasteiger partial charge in [-0.2, -0.15) is 0 Å². The van der Waals surface area contributed by atoms with Gasteiger partial charge in [-0.25, -0.2) is 4.79 Å². The van der Waals surface area contributed by atoms with E-state index in [-0.39, 0.29) is 16.9 Å². The Balaban J connectivity index is 1.62. The van der Waals surface area contributed by atoms with E-state index in [1.807, 2.05) is 0 Å². The quantitative estimate of drug-likeness (QED) is 0.542.